The molecule has 0 spiro atoms. The summed E-state index contributed by atoms with van der Waals surface area (Å²) in [6.45, 7) is 3.91. The number of halogens is 3. The summed E-state index contributed by atoms with van der Waals surface area (Å²) in [4.78, 5) is 4.30. The highest BCUT2D eigenvalue weighted by Crippen LogP contribution is 2.34. The monoisotopic (exact) mass is 359 g/mol. The van der Waals surface area contributed by atoms with E-state index < -0.39 is 11.7 Å². The summed E-state index contributed by atoms with van der Waals surface area (Å²) in [7, 11) is 0. The van der Waals surface area contributed by atoms with E-state index in [1.165, 1.54) is 11.6 Å². The van der Waals surface area contributed by atoms with Crippen LogP contribution >= 0.6 is 0 Å². The van der Waals surface area contributed by atoms with E-state index in [2.05, 4.69) is 17.0 Å². The average molecular weight is 359 g/mol. The summed E-state index contributed by atoms with van der Waals surface area (Å²) < 4.78 is 39.6. The van der Waals surface area contributed by atoms with Crippen molar-refractivity contribution in [2.45, 2.75) is 19.1 Å². The lowest BCUT2D eigenvalue weighted by atomic mass is 10.1. The second kappa shape index (κ2) is 7.79. The molecule has 1 aliphatic heterocycles. The van der Waals surface area contributed by atoms with Crippen molar-refractivity contribution in [3.8, 4) is 6.07 Å². The topological polar surface area (TPSA) is 30.3 Å². The number of nitriles is 1. The normalized spacial score (nSPS) is 16.2. The van der Waals surface area contributed by atoms with Crippen molar-refractivity contribution in [3.05, 3.63) is 65.2 Å². The molecule has 136 valence electrons. The van der Waals surface area contributed by atoms with Gasteiger partial charge in [0.15, 0.2) is 0 Å². The van der Waals surface area contributed by atoms with Gasteiger partial charge in [-0.05, 0) is 30.2 Å². The van der Waals surface area contributed by atoms with Crippen LogP contribution in [-0.4, -0.2) is 31.1 Å². The highest BCUT2D eigenvalue weighted by Gasteiger charge is 2.34. The molecule has 1 fully saturated rings. The lowest BCUT2D eigenvalue weighted by molar-refractivity contribution is -0.137. The Hall–Kier alpha value is -2.52. The molecule has 0 atom stereocenters. The SMILES string of the molecule is N#Cc1ccc(N2CCCN(Cc3ccccc3)CC2)cc1C(F)(F)F. The molecule has 3 nitrogen and oxygen atoms in total. The third-order valence-corrected chi connectivity index (χ3v) is 4.63. The number of nitrogens with zero attached hydrogens (tertiary/aromatic N) is 3. The smallest absolute Gasteiger partial charge is 0.370 e. The molecule has 1 aliphatic rings. The molecular formula is C20H20F3N3. The summed E-state index contributed by atoms with van der Waals surface area (Å²) in [6.07, 6.45) is -3.64. The van der Waals surface area contributed by atoms with Crippen LogP contribution in [0.1, 0.15) is 23.1 Å². The van der Waals surface area contributed by atoms with Crippen molar-refractivity contribution in [1.82, 2.24) is 4.90 Å². The first-order valence-electron chi connectivity index (χ1n) is 8.60. The van der Waals surface area contributed by atoms with Gasteiger partial charge in [-0.1, -0.05) is 30.3 Å². The summed E-state index contributed by atoms with van der Waals surface area (Å²) in [6, 6.07) is 15.8. The van der Waals surface area contributed by atoms with Crippen molar-refractivity contribution in [2.24, 2.45) is 0 Å². The number of benzene rings is 2. The van der Waals surface area contributed by atoms with Crippen LogP contribution < -0.4 is 4.90 Å². The summed E-state index contributed by atoms with van der Waals surface area (Å²) in [5, 5.41) is 8.93. The van der Waals surface area contributed by atoms with E-state index in [4.69, 9.17) is 5.26 Å². The van der Waals surface area contributed by atoms with Crippen molar-refractivity contribution in [1.29, 1.82) is 5.26 Å². The Balaban J connectivity index is 1.72. The van der Waals surface area contributed by atoms with Gasteiger partial charge in [-0.2, -0.15) is 18.4 Å². The van der Waals surface area contributed by atoms with Crippen molar-refractivity contribution in [3.63, 3.8) is 0 Å². The molecular weight excluding hydrogens is 339 g/mol. The summed E-state index contributed by atoms with van der Waals surface area (Å²) in [5.41, 5.74) is 0.571. The van der Waals surface area contributed by atoms with E-state index in [1.807, 2.05) is 23.1 Å². The average Bonchev–Trinajstić information content (AvgIpc) is 2.87. The molecule has 0 aliphatic carbocycles. The maximum Gasteiger partial charge on any atom is 0.417 e. The minimum Gasteiger partial charge on any atom is -0.370 e. The Bertz CT molecular complexity index is 781. The van der Waals surface area contributed by atoms with Gasteiger partial charge < -0.3 is 4.90 Å². The number of hydrogen-bond acceptors (Lipinski definition) is 3. The molecule has 3 rings (SSSR count). The van der Waals surface area contributed by atoms with Gasteiger partial charge in [0, 0.05) is 38.4 Å². The fourth-order valence-corrected chi connectivity index (χ4v) is 3.29. The Labute approximate surface area is 151 Å². The maximum atomic E-state index is 13.2. The standard InChI is InChI=1S/C20H20F3N3/c21-20(22,23)19-13-18(8-7-17(19)14-24)26-10-4-9-25(11-12-26)15-16-5-2-1-3-6-16/h1-3,5-8,13H,4,9-12,15H2. The lowest BCUT2D eigenvalue weighted by Crippen LogP contribution is -2.30. The molecule has 0 N–H and O–H groups in total. The molecule has 0 aromatic heterocycles. The van der Waals surface area contributed by atoms with E-state index >= 15 is 0 Å². The maximum absolute atomic E-state index is 13.2. The van der Waals surface area contributed by atoms with Gasteiger partial charge in [0.1, 0.15) is 0 Å². The first kappa shape index (κ1) is 18.3. The molecule has 0 amide bonds. The third-order valence-electron chi connectivity index (χ3n) is 4.63. The Morgan fingerprint density at radius 2 is 1.73 bits per heavy atom. The van der Waals surface area contributed by atoms with Gasteiger partial charge in [-0.25, -0.2) is 0 Å². The third kappa shape index (κ3) is 4.36. The second-order valence-corrected chi connectivity index (χ2v) is 6.44. The van der Waals surface area contributed by atoms with Gasteiger partial charge in [0.05, 0.1) is 17.2 Å². The fourth-order valence-electron chi connectivity index (χ4n) is 3.29. The van der Waals surface area contributed by atoms with Crippen LogP contribution in [0.2, 0.25) is 0 Å². The molecule has 26 heavy (non-hydrogen) atoms. The van der Waals surface area contributed by atoms with Crippen LogP contribution in [-0.2, 0) is 12.7 Å². The van der Waals surface area contributed by atoms with E-state index in [0.717, 1.165) is 32.1 Å². The van der Waals surface area contributed by atoms with Gasteiger partial charge >= 0.3 is 6.18 Å². The van der Waals surface area contributed by atoms with Crippen LogP contribution in [0.15, 0.2) is 48.5 Å². The second-order valence-electron chi connectivity index (χ2n) is 6.44. The van der Waals surface area contributed by atoms with Crippen molar-refractivity contribution >= 4 is 5.69 Å². The molecule has 2 aromatic carbocycles. The predicted octanol–water partition coefficient (Wildman–Crippen LogP) is 4.29. The van der Waals surface area contributed by atoms with Gasteiger partial charge in [-0.3, -0.25) is 4.90 Å². The highest BCUT2D eigenvalue weighted by atomic mass is 19.4. The Kier molecular flexibility index (Phi) is 5.48. The Morgan fingerprint density at radius 1 is 0.962 bits per heavy atom. The first-order chi connectivity index (χ1) is 12.5. The van der Waals surface area contributed by atoms with Gasteiger partial charge in [0.2, 0.25) is 0 Å². The van der Waals surface area contributed by atoms with Gasteiger partial charge in [-0.15, -0.1) is 0 Å². The van der Waals surface area contributed by atoms with Crippen molar-refractivity contribution < 1.29 is 13.2 Å². The quantitative estimate of drug-likeness (QED) is 0.819. The molecule has 0 saturated carbocycles. The van der Waals surface area contributed by atoms with Crippen molar-refractivity contribution in [2.75, 3.05) is 31.1 Å². The van der Waals surface area contributed by atoms with Gasteiger partial charge in [0.25, 0.3) is 0 Å². The predicted molar refractivity (Wildman–Crippen MR) is 94.7 cm³/mol. The zero-order chi connectivity index (χ0) is 18.6. The van der Waals surface area contributed by atoms with E-state index in [9.17, 15) is 13.2 Å². The lowest BCUT2D eigenvalue weighted by Gasteiger charge is -2.25. The van der Waals surface area contributed by atoms with Crippen LogP contribution in [0, 0.1) is 11.3 Å². The molecule has 0 radical (unpaired) electrons. The molecule has 0 unspecified atom stereocenters. The van der Waals surface area contributed by atoms with Crippen LogP contribution in [0.5, 0.6) is 0 Å². The number of hydrogen-bond donors (Lipinski definition) is 0. The zero-order valence-corrected chi connectivity index (χ0v) is 14.3. The molecule has 1 saturated heterocycles. The van der Waals surface area contributed by atoms with E-state index in [1.54, 1.807) is 12.1 Å². The number of rotatable bonds is 3. The van der Waals surface area contributed by atoms with E-state index in [0.29, 0.717) is 18.8 Å². The number of alkyl halides is 3. The molecule has 0 bridgehead atoms. The molecule has 1 heterocycles. The summed E-state index contributed by atoms with van der Waals surface area (Å²) >= 11 is 0. The largest absolute Gasteiger partial charge is 0.417 e. The molecule has 6 heteroatoms. The minimum absolute atomic E-state index is 0.332. The highest BCUT2D eigenvalue weighted by molar-refractivity contribution is 5.55. The van der Waals surface area contributed by atoms with E-state index in [-0.39, 0.29) is 5.56 Å². The summed E-state index contributed by atoms with van der Waals surface area (Å²) in [5.74, 6) is 0. The number of anilines is 1. The Morgan fingerprint density at radius 3 is 2.42 bits per heavy atom. The van der Waals surface area contributed by atoms with Crippen LogP contribution in [0.3, 0.4) is 0 Å². The van der Waals surface area contributed by atoms with Crippen LogP contribution in [0.4, 0.5) is 18.9 Å². The zero-order valence-electron chi connectivity index (χ0n) is 14.3. The molecule has 2 aromatic rings. The first-order valence-corrected chi connectivity index (χ1v) is 8.60. The fraction of sp³-hybridized carbons (Fsp3) is 0.350. The van der Waals surface area contributed by atoms with Crippen LogP contribution in [0.25, 0.3) is 0 Å². The minimum atomic E-state index is -4.52.